The number of carbonyl (C=O) groups excluding carboxylic acids is 1. The van der Waals surface area contributed by atoms with Gasteiger partial charge in [0.05, 0.1) is 5.56 Å². The average Bonchev–Trinajstić information content (AvgIpc) is 2.57. The number of aliphatic carboxylic acids is 1. The van der Waals surface area contributed by atoms with Crippen molar-refractivity contribution < 1.29 is 28.2 Å². The standard InChI is InChI=1S/C10H6F2O4/c11-10(12,9(14)15)7-5-3-1-2-4-6(5)8(13)16-7/h1-4,7H,(H,14,15). The van der Waals surface area contributed by atoms with Gasteiger partial charge >= 0.3 is 17.9 Å². The zero-order chi connectivity index (χ0) is 11.9. The van der Waals surface area contributed by atoms with E-state index in [9.17, 15) is 18.4 Å². The second-order valence-electron chi connectivity index (χ2n) is 3.30. The highest BCUT2D eigenvalue weighted by atomic mass is 19.3. The Balaban J connectivity index is 2.49. The van der Waals surface area contributed by atoms with E-state index < -0.39 is 24.0 Å². The Bertz CT molecular complexity index is 470. The van der Waals surface area contributed by atoms with E-state index in [1.54, 1.807) is 0 Å². The fraction of sp³-hybridized carbons (Fsp3) is 0.200. The van der Waals surface area contributed by atoms with E-state index in [0.29, 0.717) is 0 Å². The van der Waals surface area contributed by atoms with Crippen molar-refractivity contribution in [2.75, 3.05) is 0 Å². The lowest BCUT2D eigenvalue weighted by Gasteiger charge is -2.18. The van der Waals surface area contributed by atoms with Crippen molar-refractivity contribution in [3.8, 4) is 0 Å². The number of hydrogen-bond acceptors (Lipinski definition) is 3. The van der Waals surface area contributed by atoms with Crippen LogP contribution in [0.1, 0.15) is 22.0 Å². The molecule has 1 aliphatic heterocycles. The summed E-state index contributed by atoms with van der Waals surface area (Å²) in [6.07, 6.45) is -2.05. The van der Waals surface area contributed by atoms with Gasteiger partial charge in [-0.05, 0) is 6.07 Å². The fourth-order valence-electron chi connectivity index (χ4n) is 1.53. The molecule has 1 aliphatic rings. The molecule has 1 heterocycles. The highest BCUT2D eigenvalue weighted by molar-refractivity contribution is 5.95. The van der Waals surface area contributed by atoms with Crippen molar-refractivity contribution in [3.63, 3.8) is 0 Å². The Labute approximate surface area is 88.4 Å². The van der Waals surface area contributed by atoms with Gasteiger partial charge in [0.25, 0.3) is 0 Å². The normalized spacial score (nSPS) is 19.1. The summed E-state index contributed by atoms with van der Waals surface area (Å²) in [6, 6.07) is 5.49. The highest BCUT2D eigenvalue weighted by Crippen LogP contribution is 2.41. The first-order chi connectivity index (χ1) is 7.44. The van der Waals surface area contributed by atoms with Gasteiger partial charge in [-0.3, -0.25) is 0 Å². The van der Waals surface area contributed by atoms with Gasteiger partial charge in [-0.15, -0.1) is 0 Å². The molecule has 0 amide bonds. The van der Waals surface area contributed by atoms with Crippen LogP contribution >= 0.6 is 0 Å². The van der Waals surface area contributed by atoms with Crippen molar-refractivity contribution in [2.24, 2.45) is 0 Å². The van der Waals surface area contributed by atoms with Crippen molar-refractivity contribution in [1.82, 2.24) is 0 Å². The lowest BCUT2D eigenvalue weighted by molar-refractivity contribution is -0.181. The zero-order valence-corrected chi connectivity index (χ0v) is 7.81. The molecular formula is C10H6F2O4. The van der Waals surface area contributed by atoms with Crippen LogP contribution in [-0.2, 0) is 9.53 Å². The summed E-state index contributed by atoms with van der Waals surface area (Å²) in [4.78, 5) is 21.6. The SMILES string of the molecule is O=C1OC(C(F)(F)C(=O)O)c2ccccc21. The number of alkyl halides is 2. The van der Waals surface area contributed by atoms with E-state index in [0.717, 1.165) is 0 Å². The summed E-state index contributed by atoms with van der Waals surface area (Å²) >= 11 is 0. The molecule has 0 spiro atoms. The van der Waals surface area contributed by atoms with Gasteiger partial charge in [-0.25, -0.2) is 9.59 Å². The monoisotopic (exact) mass is 228 g/mol. The van der Waals surface area contributed by atoms with E-state index in [1.807, 2.05) is 0 Å². The summed E-state index contributed by atoms with van der Waals surface area (Å²) in [5, 5.41) is 8.37. The Kier molecular flexibility index (Phi) is 2.15. The molecule has 0 radical (unpaired) electrons. The van der Waals surface area contributed by atoms with Crippen LogP contribution in [0, 0.1) is 0 Å². The summed E-state index contributed by atoms with van der Waals surface area (Å²) < 4.78 is 30.8. The van der Waals surface area contributed by atoms with Crippen LogP contribution in [0.5, 0.6) is 0 Å². The van der Waals surface area contributed by atoms with Gasteiger partial charge < -0.3 is 9.84 Å². The third kappa shape index (κ3) is 1.34. The van der Waals surface area contributed by atoms with Crippen molar-refractivity contribution in [3.05, 3.63) is 35.4 Å². The summed E-state index contributed by atoms with van der Waals surface area (Å²) in [6.45, 7) is 0. The largest absolute Gasteiger partial charge is 0.477 e. The van der Waals surface area contributed by atoms with Crippen molar-refractivity contribution in [2.45, 2.75) is 12.0 Å². The smallest absolute Gasteiger partial charge is 0.382 e. The number of carbonyl (C=O) groups is 2. The molecule has 16 heavy (non-hydrogen) atoms. The molecule has 1 aromatic rings. The van der Waals surface area contributed by atoms with E-state index in [4.69, 9.17) is 5.11 Å². The van der Waals surface area contributed by atoms with Crippen LogP contribution in [0.2, 0.25) is 0 Å². The topological polar surface area (TPSA) is 63.6 Å². The van der Waals surface area contributed by atoms with Crippen LogP contribution in [0.3, 0.4) is 0 Å². The van der Waals surface area contributed by atoms with E-state index >= 15 is 0 Å². The Morgan fingerprint density at radius 1 is 1.38 bits per heavy atom. The number of esters is 1. The second kappa shape index (κ2) is 3.26. The lowest BCUT2D eigenvalue weighted by atomic mass is 10.0. The number of carboxylic acid groups (broad SMARTS) is 1. The van der Waals surface area contributed by atoms with Crippen LogP contribution < -0.4 is 0 Å². The number of ether oxygens (including phenoxy) is 1. The second-order valence-corrected chi connectivity index (χ2v) is 3.30. The van der Waals surface area contributed by atoms with Gasteiger partial charge in [-0.2, -0.15) is 8.78 Å². The Hall–Kier alpha value is -1.98. The predicted octanol–water partition coefficient (Wildman–Crippen LogP) is 1.62. The van der Waals surface area contributed by atoms with E-state index in [1.165, 1.54) is 24.3 Å². The van der Waals surface area contributed by atoms with Gasteiger partial charge in [-0.1, -0.05) is 18.2 Å². The molecule has 1 atom stereocenters. The summed E-state index contributed by atoms with van der Waals surface area (Å²) in [5.74, 6) is -7.37. The molecule has 1 unspecified atom stereocenters. The number of fused-ring (bicyclic) bond motifs is 1. The van der Waals surface area contributed by atoms with Crippen LogP contribution in [-0.4, -0.2) is 23.0 Å². The third-order valence-electron chi connectivity index (χ3n) is 2.30. The van der Waals surface area contributed by atoms with Crippen LogP contribution in [0.25, 0.3) is 0 Å². The molecule has 0 aliphatic carbocycles. The van der Waals surface area contributed by atoms with E-state index in [2.05, 4.69) is 4.74 Å². The molecule has 1 N–H and O–H groups in total. The predicted molar refractivity (Wildman–Crippen MR) is 47.2 cm³/mol. The van der Waals surface area contributed by atoms with Gasteiger partial charge in [0.1, 0.15) is 0 Å². The first kappa shape index (κ1) is 10.5. The molecule has 0 saturated heterocycles. The van der Waals surface area contributed by atoms with Crippen molar-refractivity contribution >= 4 is 11.9 Å². The molecule has 0 bridgehead atoms. The maximum atomic E-state index is 13.2. The molecule has 0 aromatic heterocycles. The van der Waals surface area contributed by atoms with Crippen LogP contribution in [0.15, 0.2) is 24.3 Å². The number of hydrogen-bond donors (Lipinski definition) is 1. The number of carboxylic acids is 1. The number of benzene rings is 1. The molecule has 84 valence electrons. The third-order valence-corrected chi connectivity index (χ3v) is 2.30. The highest BCUT2D eigenvalue weighted by Gasteiger charge is 2.54. The Morgan fingerprint density at radius 3 is 2.62 bits per heavy atom. The first-order valence-electron chi connectivity index (χ1n) is 4.35. The van der Waals surface area contributed by atoms with Gasteiger partial charge in [0.2, 0.25) is 6.10 Å². The zero-order valence-electron chi connectivity index (χ0n) is 7.81. The minimum absolute atomic E-state index is 0.0200. The van der Waals surface area contributed by atoms with Crippen molar-refractivity contribution in [1.29, 1.82) is 0 Å². The van der Waals surface area contributed by atoms with Gasteiger partial charge in [0.15, 0.2) is 0 Å². The lowest BCUT2D eigenvalue weighted by Crippen LogP contribution is -2.35. The summed E-state index contributed by atoms with van der Waals surface area (Å²) in [7, 11) is 0. The van der Waals surface area contributed by atoms with E-state index in [-0.39, 0.29) is 11.1 Å². The molecule has 2 rings (SSSR count). The number of halogens is 2. The molecule has 0 fully saturated rings. The minimum Gasteiger partial charge on any atom is -0.477 e. The molecule has 4 nitrogen and oxygen atoms in total. The quantitative estimate of drug-likeness (QED) is 0.781. The summed E-state index contributed by atoms with van der Waals surface area (Å²) in [5.41, 5.74) is -0.117. The number of rotatable bonds is 2. The molecular weight excluding hydrogens is 222 g/mol. The minimum atomic E-state index is -4.12. The molecule has 0 saturated carbocycles. The van der Waals surface area contributed by atoms with Gasteiger partial charge in [0, 0.05) is 5.56 Å². The maximum absolute atomic E-state index is 13.2. The number of cyclic esters (lactones) is 1. The molecule has 1 aromatic carbocycles. The van der Waals surface area contributed by atoms with Crippen LogP contribution in [0.4, 0.5) is 8.78 Å². The first-order valence-corrected chi connectivity index (χ1v) is 4.35. The molecule has 6 heteroatoms. The average molecular weight is 228 g/mol. The fourth-order valence-corrected chi connectivity index (χ4v) is 1.53. The maximum Gasteiger partial charge on any atom is 0.382 e. The Morgan fingerprint density at radius 2 is 2.00 bits per heavy atom.